The number of hydrogen-bond donors (Lipinski definition) is 1. The molecule has 0 bridgehead atoms. The number of aryl methyl sites for hydroxylation is 2. The van der Waals surface area contributed by atoms with Gasteiger partial charge in [0.25, 0.3) is 0 Å². The molecule has 1 aromatic heterocycles. The van der Waals surface area contributed by atoms with Gasteiger partial charge in [0.2, 0.25) is 0 Å². The number of hydrogen-bond acceptors (Lipinski definition) is 2. The number of pyridine rings is 1. The van der Waals surface area contributed by atoms with E-state index in [0.29, 0.717) is 6.54 Å². The normalized spacial score (nSPS) is 12.1. The van der Waals surface area contributed by atoms with Gasteiger partial charge in [0.05, 0.1) is 5.52 Å². The lowest BCUT2D eigenvalue weighted by Gasteiger charge is -2.20. The van der Waals surface area contributed by atoms with E-state index in [9.17, 15) is 0 Å². The van der Waals surface area contributed by atoms with Crippen LogP contribution >= 0.6 is 0 Å². The first kappa shape index (κ1) is 13.0. The Labute approximate surface area is 109 Å². The van der Waals surface area contributed by atoms with Gasteiger partial charge in [-0.1, -0.05) is 26.8 Å². The number of nitrogens with zero attached hydrogens (tertiary/aromatic N) is 1. The Morgan fingerprint density at radius 3 is 2.33 bits per heavy atom. The summed E-state index contributed by atoms with van der Waals surface area (Å²) in [4.78, 5) is 4.82. The Hall–Kier alpha value is -1.41. The van der Waals surface area contributed by atoms with Crippen molar-refractivity contribution in [1.82, 2.24) is 4.98 Å². The van der Waals surface area contributed by atoms with Crippen LogP contribution in [-0.4, -0.2) is 4.98 Å². The predicted octanol–water partition coefficient (Wildman–Crippen LogP) is 3.61. The smallest absolute Gasteiger partial charge is 0.0714 e. The lowest BCUT2D eigenvalue weighted by molar-refractivity contribution is 0.570. The second-order valence-corrected chi connectivity index (χ2v) is 6.10. The Morgan fingerprint density at radius 2 is 1.78 bits per heavy atom. The van der Waals surface area contributed by atoms with Gasteiger partial charge in [-0.3, -0.25) is 4.98 Å². The van der Waals surface area contributed by atoms with Crippen LogP contribution in [0.3, 0.4) is 0 Å². The molecular weight excluding hydrogens is 220 g/mol. The minimum atomic E-state index is 0.0514. The van der Waals surface area contributed by atoms with E-state index < -0.39 is 0 Å². The molecule has 96 valence electrons. The predicted molar refractivity (Wildman–Crippen MR) is 77.8 cm³/mol. The minimum absolute atomic E-state index is 0.0514. The van der Waals surface area contributed by atoms with Crippen molar-refractivity contribution in [3.05, 3.63) is 40.6 Å². The van der Waals surface area contributed by atoms with E-state index in [-0.39, 0.29) is 5.41 Å². The molecule has 1 heterocycles. The van der Waals surface area contributed by atoms with Crippen LogP contribution < -0.4 is 5.73 Å². The second-order valence-electron chi connectivity index (χ2n) is 6.10. The lowest BCUT2D eigenvalue weighted by atomic mass is 9.89. The highest BCUT2D eigenvalue weighted by molar-refractivity contribution is 5.86. The molecule has 2 rings (SSSR count). The monoisotopic (exact) mass is 242 g/mol. The third-order valence-electron chi connectivity index (χ3n) is 3.32. The summed E-state index contributed by atoms with van der Waals surface area (Å²) in [6.45, 7) is 11.4. The average molecular weight is 242 g/mol. The van der Waals surface area contributed by atoms with Crippen LogP contribution in [0.4, 0.5) is 0 Å². The number of benzene rings is 1. The van der Waals surface area contributed by atoms with Gasteiger partial charge in [-0.05, 0) is 42.7 Å². The van der Waals surface area contributed by atoms with Crippen molar-refractivity contribution >= 4 is 10.9 Å². The fourth-order valence-electron chi connectivity index (χ4n) is 2.40. The molecule has 0 saturated carbocycles. The van der Waals surface area contributed by atoms with E-state index in [1.807, 2.05) is 0 Å². The first-order valence-electron chi connectivity index (χ1n) is 6.44. The third kappa shape index (κ3) is 2.25. The second kappa shape index (κ2) is 4.36. The molecule has 2 heteroatoms. The van der Waals surface area contributed by atoms with Gasteiger partial charge < -0.3 is 5.73 Å². The van der Waals surface area contributed by atoms with Gasteiger partial charge >= 0.3 is 0 Å². The van der Waals surface area contributed by atoms with Crippen molar-refractivity contribution in [2.45, 2.75) is 46.6 Å². The topological polar surface area (TPSA) is 38.9 Å². The zero-order valence-electron chi connectivity index (χ0n) is 12.0. The number of fused-ring (bicyclic) bond motifs is 1. The molecule has 0 saturated heterocycles. The average Bonchev–Trinajstić information content (AvgIpc) is 2.25. The summed E-state index contributed by atoms with van der Waals surface area (Å²) >= 11 is 0. The first-order valence-corrected chi connectivity index (χ1v) is 6.44. The number of rotatable bonds is 1. The highest BCUT2D eigenvalue weighted by Gasteiger charge is 2.18. The molecule has 0 spiro atoms. The van der Waals surface area contributed by atoms with Crippen molar-refractivity contribution in [3.8, 4) is 0 Å². The molecule has 18 heavy (non-hydrogen) atoms. The molecule has 2 N–H and O–H groups in total. The maximum Gasteiger partial charge on any atom is 0.0714 e. The van der Waals surface area contributed by atoms with Crippen LogP contribution in [0.5, 0.6) is 0 Å². The van der Waals surface area contributed by atoms with Crippen molar-refractivity contribution in [1.29, 1.82) is 0 Å². The van der Waals surface area contributed by atoms with Crippen LogP contribution in [0.1, 0.15) is 43.2 Å². The van der Waals surface area contributed by atoms with Gasteiger partial charge in [0, 0.05) is 23.0 Å². The van der Waals surface area contributed by atoms with Crippen LogP contribution in [0, 0.1) is 13.8 Å². The van der Waals surface area contributed by atoms with Gasteiger partial charge in [-0.25, -0.2) is 0 Å². The molecule has 0 aliphatic heterocycles. The SMILES string of the molecule is Cc1cc(C)c2c(CN)cc(C(C)(C)C)nc2c1. The molecule has 2 nitrogen and oxygen atoms in total. The molecule has 2 aromatic rings. The summed E-state index contributed by atoms with van der Waals surface area (Å²) in [7, 11) is 0. The standard InChI is InChI=1S/C16H22N2/c1-10-6-11(2)15-12(9-17)8-14(16(3,4)5)18-13(15)7-10/h6-8H,9,17H2,1-5H3. The van der Waals surface area contributed by atoms with E-state index in [0.717, 1.165) is 11.2 Å². The molecule has 0 aliphatic rings. The van der Waals surface area contributed by atoms with Crippen molar-refractivity contribution in [2.75, 3.05) is 0 Å². The van der Waals surface area contributed by atoms with E-state index in [1.165, 1.54) is 22.1 Å². The summed E-state index contributed by atoms with van der Waals surface area (Å²) in [6, 6.07) is 6.50. The summed E-state index contributed by atoms with van der Waals surface area (Å²) in [5.74, 6) is 0. The lowest BCUT2D eigenvalue weighted by Crippen LogP contribution is -2.15. The summed E-state index contributed by atoms with van der Waals surface area (Å²) in [5.41, 5.74) is 11.9. The van der Waals surface area contributed by atoms with Crippen molar-refractivity contribution < 1.29 is 0 Å². The van der Waals surface area contributed by atoms with Gasteiger partial charge in [0.1, 0.15) is 0 Å². The summed E-state index contributed by atoms with van der Waals surface area (Å²) in [6.07, 6.45) is 0. The Morgan fingerprint density at radius 1 is 1.11 bits per heavy atom. The Bertz CT molecular complexity index is 592. The molecule has 1 aromatic carbocycles. The highest BCUT2D eigenvalue weighted by Crippen LogP contribution is 2.28. The van der Waals surface area contributed by atoms with Crippen LogP contribution in [0.2, 0.25) is 0 Å². The van der Waals surface area contributed by atoms with E-state index in [2.05, 4.69) is 52.8 Å². The zero-order chi connectivity index (χ0) is 13.5. The maximum absolute atomic E-state index is 5.91. The van der Waals surface area contributed by atoms with Crippen molar-refractivity contribution in [2.24, 2.45) is 5.73 Å². The summed E-state index contributed by atoms with van der Waals surface area (Å²) < 4.78 is 0. The molecule has 0 aliphatic carbocycles. The first-order chi connectivity index (χ1) is 8.32. The minimum Gasteiger partial charge on any atom is -0.326 e. The van der Waals surface area contributed by atoms with E-state index in [4.69, 9.17) is 10.7 Å². The summed E-state index contributed by atoms with van der Waals surface area (Å²) in [5, 5.41) is 1.22. The Balaban J connectivity index is 2.84. The van der Waals surface area contributed by atoms with Crippen LogP contribution in [-0.2, 0) is 12.0 Å². The largest absolute Gasteiger partial charge is 0.326 e. The van der Waals surface area contributed by atoms with E-state index in [1.54, 1.807) is 0 Å². The van der Waals surface area contributed by atoms with Crippen LogP contribution in [0.15, 0.2) is 18.2 Å². The van der Waals surface area contributed by atoms with E-state index >= 15 is 0 Å². The fourth-order valence-corrected chi connectivity index (χ4v) is 2.40. The zero-order valence-corrected chi connectivity index (χ0v) is 12.0. The van der Waals surface area contributed by atoms with Crippen LogP contribution in [0.25, 0.3) is 10.9 Å². The molecule has 0 unspecified atom stereocenters. The molecule has 0 amide bonds. The number of nitrogens with two attached hydrogens (primary N) is 1. The third-order valence-corrected chi connectivity index (χ3v) is 3.32. The quantitative estimate of drug-likeness (QED) is 0.829. The highest BCUT2D eigenvalue weighted by atomic mass is 14.7. The maximum atomic E-state index is 5.91. The molecule has 0 fully saturated rings. The Kier molecular flexibility index (Phi) is 3.16. The van der Waals surface area contributed by atoms with Crippen molar-refractivity contribution in [3.63, 3.8) is 0 Å². The molecule has 0 radical (unpaired) electrons. The molecule has 0 atom stereocenters. The van der Waals surface area contributed by atoms with Gasteiger partial charge in [-0.2, -0.15) is 0 Å². The molecular formula is C16H22N2. The fraction of sp³-hybridized carbons (Fsp3) is 0.438. The number of aromatic nitrogens is 1. The van der Waals surface area contributed by atoms with Gasteiger partial charge in [0.15, 0.2) is 0 Å². The van der Waals surface area contributed by atoms with Gasteiger partial charge in [-0.15, -0.1) is 0 Å².